The Morgan fingerprint density at radius 3 is 1.82 bits per heavy atom. The molecular weight excluding hydrogens is 186 g/mol. The van der Waals surface area contributed by atoms with Crippen LogP contribution in [-0.4, -0.2) is 18.4 Å². The predicted molar refractivity (Wildman–Crippen MR) is 34.3 cm³/mol. The number of rotatable bonds is 1. The first-order valence-electron chi connectivity index (χ1n) is 2.87. The van der Waals surface area contributed by atoms with Crippen molar-refractivity contribution in [2.24, 2.45) is 11.7 Å². The van der Waals surface area contributed by atoms with Crippen molar-refractivity contribution >= 4 is 12.4 Å². The number of alkyl halides is 4. The fourth-order valence-electron chi connectivity index (χ4n) is 0.973. The average Bonchev–Trinajstić information content (AvgIpc) is 1.83. The third kappa shape index (κ3) is 1.31. The number of hydrogen-bond donors (Lipinski definition) is 1. The molecular formula is C5H8ClF4N. The minimum atomic E-state index is -3.87. The second kappa shape index (κ2) is 2.79. The largest absolute Gasteiger partial charge is 0.330 e. The molecule has 1 fully saturated rings. The summed E-state index contributed by atoms with van der Waals surface area (Å²) in [6, 6.07) is 0. The summed E-state index contributed by atoms with van der Waals surface area (Å²) in [6.45, 7) is -0.372. The molecule has 1 unspecified atom stereocenters. The van der Waals surface area contributed by atoms with Crippen LogP contribution in [0.25, 0.3) is 0 Å². The minimum absolute atomic E-state index is 0. The molecule has 1 nitrogen and oxygen atoms in total. The lowest BCUT2D eigenvalue weighted by Gasteiger charge is -2.43. The van der Waals surface area contributed by atoms with Gasteiger partial charge in [-0.25, -0.2) is 0 Å². The van der Waals surface area contributed by atoms with Gasteiger partial charge in [-0.1, -0.05) is 0 Å². The van der Waals surface area contributed by atoms with E-state index in [1.165, 1.54) is 0 Å². The highest BCUT2D eigenvalue weighted by Crippen LogP contribution is 2.54. The molecule has 1 saturated carbocycles. The number of nitrogens with two attached hydrogens (primary N) is 1. The molecule has 0 spiro atoms. The monoisotopic (exact) mass is 193 g/mol. The molecule has 0 bridgehead atoms. The summed E-state index contributed by atoms with van der Waals surface area (Å²) < 4.78 is 48.2. The van der Waals surface area contributed by atoms with Gasteiger partial charge in [0.2, 0.25) is 0 Å². The summed E-state index contributed by atoms with van der Waals surface area (Å²) in [5.41, 5.74) is 4.82. The maximum atomic E-state index is 12.2. The van der Waals surface area contributed by atoms with Crippen LogP contribution in [0, 0.1) is 5.92 Å². The van der Waals surface area contributed by atoms with Gasteiger partial charge in [0.1, 0.15) is 0 Å². The van der Waals surface area contributed by atoms with Crippen LogP contribution >= 0.6 is 12.4 Å². The normalized spacial score (nSPS) is 31.9. The zero-order chi connectivity index (χ0) is 7.99. The van der Waals surface area contributed by atoms with Crippen molar-refractivity contribution in [1.29, 1.82) is 0 Å². The Morgan fingerprint density at radius 1 is 1.27 bits per heavy atom. The Balaban J connectivity index is 0.000001000. The molecule has 0 aromatic rings. The zero-order valence-electron chi connectivity index (χ0n) is 5.49. The maximum absolute atomic E-state index is 12.2. The smallest absolute Gasteiger partial charge is 0.314 e. The van der Waals surface area contributed by atoms with Crippen molar-refractivity contribution in [3.63, 3.8) is 0 Å². The van der Waals surface area contributed by atoms with E-state index in [1.54, 1.807) is 0 Å². The molecule has 2 N–H and O–H groups in total. The molecule has 0 amide bonds. The molecule has 1 rings (SSSR count). The molecule has 11 heavy (non-hydrogen) atoms. The fourth-order valence-corrected chi connectivity index (χ4v) is 0.973. The first kappa shape index (κ1) is 11.0. The van der Waals surface area contributed by atoms with Gasteiger partial charge in [0, 0.05) is 18.9 Å². The number of hydrogen-bond acceptors (Lipinski definition) is 1. The van der Waals surface area contributed by atoms with E-state index in [2.05, 4.69) is 0 Å². The van der Waals surface area contributed by atoms with Gasteiger partial charge in [0.05, 0.1) is 0 Å². The molecule has 6 heteroatoms. The molecule has 0 aromatic heterocycles. The standard InChI is InChI=1S/C5H7F4N.ClH/c6-4(7)1-3(2-10)5(4,8)9;/h3H,1-2,10H2;1H. The molecule has 0 aromatic carbocycles. The van der Waals surface area contributed by atoms with E-state index >= 15 is 0 Å². The van der Waals surface area contributed by atoms with Crippen LogP contribution in [0.2, 0.25) is 0 Å². The van der Waals surface area contributed by atoms with Crippen molar-refractivity contribution in [3.8, 4) is 0 Å². The predicted octanol–water partition coefficient (Wildman–Crippen LogP) is 1.66. The van der Waals surface area contributed by atoms with Crippen LogP contribution in [0.5, 0.6) is 0 Å². The molecule has 0 radical (unpaired) electrons. The fraction of sp³-hybridized carbons (Fsp3) is 1.00. The lowest BCUT2D eigenvalue weighted by molar-refractivity contribution is -0.310. The Hall–Kier alpha value is -0.0300. The summed E-state index contributed by atoms with van der Waals surface area (Å²) >= 11 is 0. The molecule has 68 valence electrons. The van der Waals surface area contributed by atoms with E-state index in [4.69, 9.17) is 5.73 Å². The van der Waals surface area contributed by atoms with Gasteiger partial charge >= 0.3 is 11.8 Å². The van der Waals surface area contributed by atoms with Crippen LogP contribution in [0.4, 0.5) is 17.6 Å². The molecule has 1 aliphatic rings. The van der Waals surface area contributed by atoms with Crippen molar-refractivity contribution in [1.82, 2.24) is 0 Å². The molecule has 1 atom stereocenters. The highest BCUT2D eigenvalue weighted by atomic mass is 35.5. The van der Waals surface area contributed by atoms with Gasteiger partial charge in [-0.3, -0.25) is 0 Å². The summed E-state index contributed by atoms with van der Waals surface area (Å²) in [7, 11) is 0. The van der Waals surface area contributed by atoms with Gasteiger partial charge in [-0.05, 0) is 0 Å². The van der Waals surface area contributed by atoms with Gasteiger partial charge in [0.15, 0.2) is 0 Å². The average molecular weight is 194 g/mol. The van der Waals surface area contributed by atoms with Crippen LogP contribution in [0.1, 0.15) is 6.42 Å². The van der Waals surface area contributed by atoms with E-state index in [0.29, 0.717) is 0 Å². The topological polar surface area (TPSA) is 26.0 Å². The SMILES string of the molecule is Cl.NCC1CC(F)(F)C1(F)F. The van der Waals surface area contributed by atoms with Gasteiger partial charge in [-0.2, -0.15) is 17.6 Å². The first-order chi connectivity index (χ1) is 4.42. The van der Waals surface area contributed by atoms with E-state index in [0.717, 1.165) is 0 Å². The Kier molecular flexibility index (Phi) is 2.78. The van der Waals surface area contributed by atoms with E-state index in [9.17, 15) is 17.6 Å². The molecule has 0 aliphatic heterocycles. The minimum Gasteiger partial charge on any atom is -0.330 e. The lowest BCUT2D eigenvalue weighted by atomic mass is 9.77. The quantitative estimate of drug-likeness (QED) is 0.630. The van der Waals surface area contributed by atoms with Gasteiger partial charge in [-0.15, -0.1) is 12.4 Å². The Bertz CT molecular complexity index is 149. The lowest BCUT2D eigenvalue weighted by Crippen LogP contribution is -2.60. The van der Waals surface area contributed by atoms with Crippen molar-refractivity contribution < 1.29 is 17.6 Å². The summed E-state index contributed by atoms with van der Waals surface area (Å²) in [5.74, 6) is -9.03. The highest BCUT2D eigenvalue weighted by molar-refractivity contribution is 5.85. The second-order valence-electron chi connectivity index (χ2n) is 2.46. The van der Waals surface area contributed by atoms with Gasteiger partial charge < -0.3 is 5.73 Å². The van der Waals surface area contributed by atoms with Crippen molar-refractivity contribution in [3.05, 3.63) is 0 Å². The molecule has 0 saturated heterocycles. The Morgan fingerprint density at radius 2 is 1.73 bits per heavy atom. The van der Waals surface area contributed by atoms with Crippen LogP contribution < -0.4 is 5.73 Å². The molecule has 1 aliphatic carbocycles. The summed E-state index contributed by atoms with van der Waals surface area (Å²) in [4.78, 5) is 0. The summed E-state index contributed by atoms with van der Waals surface area (Å²) in [5, 5.41) is 0. The van der Waals surface area contributed by atoms with Crippen LogP contribution in [0.15, 0.2) is 0 Å². The first-order valence-corrected chi connectivity index (χ1v) is 2.87. The van der Waals surface area contributed by atoms with Crippen molar-refractivity contribution in [2.75, 3.05) is 6.54 Å². The van der Waals surface area contributed by atoms with Crippen LogP contribution in [0.3, 0.4) is 0 Å². The van der Waals surface area contributed by atoms with E-state index in [1.807, 2.05) is 0 Å². The third-order valence-corrected chi connectivity index (χ3v) is 1.79. The Labute approximate surface area is 67.3 Å². The maximum Gasteiger partial charge on any atom is 0.314 e. The van der Waals surface area contributed by atoms with E-state index in [-0.39, 0.29) is 19.0 Å². The molecule has 0 heterocycles. The highest BCUT2D eigenvalue weighted by Gasteiger charge is 2.70. The third-order valence-electron chi connectivity index (χ3n) is 1.79. The van der Waals surface area contributed by atoms with E-state index < -0.39 is 24.2 Å². The number of halogens is 5. The van der Waals surface area contributed by atoms with Crippen molar-refractivity contribution in [2.45, 2.75) is 18.3 Å². The summed E-state index contributed by atoms with van der Waals surface area (Å²) in [6.07, 6.45) is -0.781. The zero-order valence-corrected chi connectivity index (χ0v) is 6.31. The van der Waals surface area contributed by atoms with Gasteiger partial charge in [0.25, 0.3) is 0 Å². The second-order valence-corrected chi connectivity index (χ2v) is 2.46. The van der Waals surface area contributed by atoms with Crippen LogP contribution in [-0.2, 0) is 0 Å².